The molecule has 3 aromatic heterocycles. The Hall–Kier alpha value is -2.54. The minimum atomic E-state index is 0.0343. The fourth-order valence-electron chi connectivity index (χ4n) is 3.62. The van der Waals surface area contributed by atoms with Gasteiger partial charge in [-0.25, -0.2) is 14.6 Å². The molecule has 6 nitrogen and oxygen atoms in total. The molecule has 1 aliphatic carbocycles. The Balaban J connectivity index is 1.71. The van der Waals surface area contributed by atoms with E-state index in [9.17, 15) is 4.79 Å². The van der Waals surface area contributed by atoms with Gasteiger partial charge in [-0.1, -0.05) is 13.3 Å². The Morgan fingerprint density at radius 1 is 1.34 bits per heavy atom. The van der Waals surface area contributed by atoms with Gasteiger partial charge in [-0.15, -0.1) is 11.3 Å². The second-order valence-corrected chi connectivity index (χ2v) is 9.24. The Labute approximate surface area is 175 Å². The zero-order valence-electron chi connectivity index (χ0n) is 17.5. The van der Waals surface area contributed by atoms with Crippen LogP contribution in [0.1, 0.15) is 64.3 Å². The first-order valence-electron chi connectivity index (χ1n) is 10.2. The number of carbonyl (C=O) groups is 1. The standard InChI is InChI=1S/C22H27N5OS/c1-5-6-11-26(4)21(28)18-13-24-27(20(18)16-7-8-16)22-23-10-9-19(25-22)17-12-14(2)29-15(17)3/h9-10,12-13,16H,5-8,11H2,1-4H3. The minimum absolute atomic E-state index is 0.0343. The van der Waals surface area contributed by atoms with Crippen LogP contribution >= 0.6 is 11.3 Å². The van der Waals surface area contributed by atoms with Gasteiger partial charge in [0.15, 0.2) is 0 Å². The topological polar surface area (TPSA) is 63.9 Å². The summed E-state index contributed by atoms with van der Waals surface area (Å²) in [6.45, 7) is 7.11. The Kier molecular flexibility index (Phi) is 5.50. The highest BCUT2D eigenvalue weighted by molar-refractivity contribution is 7.12. The van der Waals surface area contributed by atoms with Crippen molar-refractivity contribution in [3.8, 4) is 17.2 Å². The third-order valence-corrected chi connectivity index (χ3v) is 6.31. The van der Waals surface area contributed by atoms with Crippen LogP contribution in [0, 0.1) is 13.8 Å². The van der Waals surface area contributed by atoms with Gasteiger partial charge in [0.25, 0.3) is 11.9 Å². The predicted octanol–water partition coefficient (Wildman–Crippen LogP) is 4.76. The molecule has 0 radical (unpaired) electrons. The maximum absolute atomic E-state index is 13.0. The van der Waals surface area contributed by atoms with Crippen LogP contribution in [0.5, 0.6) is 0 Å². The smallest absolute Gasteiger partial charge is 0.257 e. The van der Waals surface area contributed by atoms with Crippen molar-refractivity contribution in [1.82, 2.24) is 24.6 Å². The van der Waals surface area contributed by atoms with Crippen molar-refractivity contribution < 1.29 is 4.79 Å². The molecule has 0 bridgehead atoms. The molecule has 1 fully saturated rings. The normalized spacial score (nSPS) is 13.7. The molecule has 0 N–H and O–H groups in total. The largest absolute Gasteiger partial charge is 0.342 e. The average Bonchev–Trinajstić information content (AvgIpc) is 3.37. The lowest BCUT2D eigenvalue weighted by atomic mass is 10.1. The lowest BCUT2D eigenvalue weighted by Gasteiger charge is -2.17. The molecule has 0 aromatic carbocycles. The first kappa shape index (κ1) is 19.8. The number of unbranched alkanes of at least 4 members (excludes halogenated alkanes) is 1. The molecule has 0 atom stereocenters. The first-order chi connectivity index (χ1) is 14.0. The lowest BCUT2D eigenvalue weighted by Crippen LogP contribution is -2.28. The van der Waals surface area contributed by atoms with Crippen LogP contribution in [-0.4, -0.2) is 44.1 Å². The number of aryl methyl sites for hydroxylation is 2. The molecule has 1 amide bonds. The van der Waals surface area contributed by atoms with Gasteiger partial charge in [0.2, 0.25) is 0 Å². The number of hydrogen-bond donors (Lipinski definition) is 0. The molecular formula is C22H27N5OS. The third-order valence-electron chi connectivity index (χ3n) is 5.34. The minimum Gasteiger partial charge on any atom is -0.342 e. The lowest BCUT2D eigenvalue weighted by molar-refractivity contribution is 0.0792. The fraction of sp³-hybridized carbons (Fsp3) is 0.455. The van der Waals surface area contributed by atoms with Gasteiger partial charge in [-0.3, -0.25) is 4.79 Å². The molecule has 152 valence electrons. The van der Waals surface area contributed by atoms with Crippen molar-refractivity contribution in [2.24, 2.45) is 0 Å². The van der Waals surface area contributed by atoms with Crippen LogP contribution in [0.2, 0.25) is 0 Å². The summed E-state index contributed by atoms with van der Waals surface area (Å²) in [6.07, 6.45) is 7.68. The van der Waals surface area contributed by atoms with Crippen LogP contribution in [-0.2, 0) is 0 Å². The van der Waals surface area contributed by atoms with Gasteiger partial charge in [-0.05, 0) is 45.2 Å². The third kappa shape index (κ3) is 3.96. The SMILES string of the molecule is CCCCN(C)C(=O)c1cnn(-c2nccc(-c3cc(C)sc3C)n2)c1C1CC1. The molecule has 3 aromatic rings. The maximum Gasteiger partial charge on any atom is 0.257 e. The summed E-state index contributed by atoms with van der Waals surface area (Å²) in [6, 6.07) is 4.09. The zero-order valence-corrected chi connectivity index (χ0v) is 18.3. The summed E-state index contributed by atoms with van der Waals surface area (Å²) in [5, 5.41) is 4.54. The summed E-state index contributed by atoms with van der Waals surface area (Å²) >= 11 is 1.77. The van der Waals surface area contributed by atoms with Gasteiger partial charge in [0.05, 0.1) is 23.1 Å². The van der Waals surface area contributed by atoms with Crippen LogP contribution in [0.15, 0.2) is 24.5 Å². The quantitative estimate of drug-likeness (QED) is 0.564. The molecule has 1 aliphatic rings. The second-order valence-electron chi connectivity index (χ2n) is 7.78. The van der Waals surface area contributed by atoms with Crippen molar-refractivity contribution in [3.63, 3.8) is 0 Å². The van der Waals surface area contributed by atoms with Crippen LogP contribution < -0.4 is 0 Å². The number of hydrogen-bond acceptors (Lipinski definition) is 5. The average molecular weight is 410 g/mol. The number of carbonyl (C=O) groups excluding carboxylic acids is 1. The van der Waals surface area contributed by atoms with Gasteiger partial charge in [0.1, 0.15) is 0 Å². The van der Waals surface area contributed by atoms with E-state index in [-0.39, 0.29) is 5.91 Å². The van der Waals surface area contributed by atoms with E-state index < -0.39 is 0 Å². The number of nitrogens with zero attached hydrogens (tertiary/aromatic N) is 5. The van der Waals surface area contributed by atoms with E-state index in [0.29, 0.717) is 17.4 Å². The molecular weight excluding hydrogens is 382 g/mol. The highest BCUT2D eigenvalue weighted by Gasteiger charge is 2.34. The molecule has 0 saturated heterocycles. The van der Waals surface area contributed by atoms with E-state index in [0.717, 1.165) is 49.2 Å². The molecule has 29 heavy (non-hydrogen) atoms. The molecule has 1 saturated carbocycles. The second kappa shape index (κ2) is 8.06. The van der Waals surface area contributed by atoms with E-state index in [4.69, 9.17) is 4.98 Å². The Morgan fingerprint density at radius 3 is 2.79 bits per heavy atom. The monoisotopic (exact) mass is 409 g/mol. The van der Waals surface area contributed by atoms with E-state index in [1.807, 2.05) is 13.1 Å². The van der Waals surface area contributed by atoms with Crippen molar-refractivity contribution in [2.45, 2.75) is 52.4 Å². The number of rotatable bonds is 7. The molecule has 4 rings (SSSR count). The molecule has 7 heteroatoms. The first-order valence-corrected chi connectivity index (χ1v) is 11.1. The molecule has 0 aliphatic heterocycles. The fourth-order valence-corrected chi connectivity index (χ4v) is 4.55. The van der Waals surface area contributed by atoms with Crippen molar-refractivity contribution in [2.75, 3.05) is 13.6 Å². The van der Waals surface area contributed by atoms with E-state index in [2.05, 4.69) is 36.9 Å². The summed E-state index contributed by atoms with van der Waals surface area (Å²) in [5.41, 5.74) is 3.66. The predicted molar refractivity (Wildman–Crippen MR) is 116 cm³/mol. The van der Waals surface area contributed by atoms with Crippen molar-refractivity contribution in [3.05, 3.63) is 45.5 Å². The van der Waals surface area contributed by atoms with Gasteiger partial charge >= 0.3 is 0 Å². The number of thiophene rings is 1. The molecule has 3 heterocycles. The molecule has 0 spiro atoms. The van der Waals surface area contributed by atoms with E-state index in [1.54, 1.807) is 33.3 Å². The number of amides is 1. The Morgan fingerprint density at radius 2 is 2.14 bits per heavy atom. The van der Waals surface area contributed by atoms with Crippen LogP contribution in [0.4, 0.5) is 0 Å². The summed E-state index contributed by atoms with van der Waals surface area (Å²) < 4.78 is 1.77. The van der Waals surface area contributed by atoms with Crippen LogP contribution in [0.3, 0.4) is 0 Å². The van der Waals surface area contributed by atoms with E-state index >= 15 is 0 Å². The van der Waals surface area contributed by atoms with E-state index in [1.165, 1.54) is 9.75 Å². The highest BCUT2D eigenvalue weighted by atomic mass is 32.1. The van der Waals surface area contributed by atoms with Crippen molar-refractivity contribution in [1.29, 1.82) is 0 Å². The van der Waals surface area contributed by atoms with Gasteiger partial charge in [-0.2, -0.15) is 5.10 Å². The van der Waals surface area contributed by atoms with Crippen LogP contribution in [0.25, 0.3) is 17.2 Å². The summed E-state index contributed by atoms with van der Waals surface area (Å²) in [7, 11) is 1.87. The van der Waals surface area contributed by atoms with Crippen molar-refractivity contribution >= 4 is 17.2 Å². The van der Waals surface area contributed by atoms with Gasteiger partial charge in [0, 0.05) is 41.0 Å². The summed E-state index contributed by atoms with van der Waals surface area (Å²) in [5.74, 6) is 0.920. The highest BCUT2D eigenvalue weighted by Crippen LogP contribution is 2.42. The summed E-state index contributed by atoms with van der Waals surface area (Å²) in [4.78, 5) is 26.6. The molecule has 0 unspecified atom stereocenters. The number of aromatic nitrogens is 4. The zero-order chi connectivity index (χ0) is 20.5. The van der Waals surface area contributed by atoms with Gasteiger partial charge < -0.3 is 4.90 Å². The Bertz CT molecular complexity index is 1030. The maximum atomic E-state index is 13.0.